The second kappa shape index (κ2) is 8.51. The van der Waals surface area contributed by atoms with E-state index in [1.54, 1.807) is 18.2 Å². The van der Waals surface area contributed by atoms with E-state index in [1.807, 2.05) is 36.4 Å². The molecule has 3 aromatic rings. The molecule has 0 aliphatic heterocycles. The highest BCUT2D eigenvalue weighted by atomic mass is 35.5. The largest absolute Gasteiger partial charge is 0.482 e. The van der Waals surface area contributed by atoms with Gasteiger partial charge in [0.1, 0.15) is 11.6 Å². The van der Waals surface area contributed by atoms with Crippen molar-refractivity contribution in [2.75, 3.05) is 11.9 Å². The summed E-state index contributed by atoms with van der Waals surface area (Å²) in [4.78, 5) is 27.9. The lowest BCUT2D eigenvalue weighted by atomic mass is 10.1. The van der Waals surface area contributed by atoms with Crippen LogP contribution in [0.3, 0.4) is 0 Å². The van der Waals surface area contributed by atoms with E-state index in [9.17, 15) is 9.59 Å². The second-order valence-corrected chi connectivity index (χ2v) is 6.22. The Morgan fingerprint density at radius 2 is 1.89 bits per heavy atom. The summed E-state index contributed by atoms with van der Waals surface area (Å²) in [5, 5.41) is 5.08. The van der Waals surface area contributed by atoms with Crippen LogP contribution in [0.2, 0.25) is 5.02 Å². The third-order valence-electron chi connectivity index (χ3n) is 3.73. The monoisotopic (exact) mass is 384 g/mol. The summed E-state index contributed by atoms with van der Waals surface area (Å²) < 4.78 is 10.5. The highest BCUT2D eigenvalue weighted by Gasteiger charge is 2.18. The number of carbonyl (C=O) groups is 2. The molecule has 0 aliphatic rings. The number of benzene rings is 2. The van der Waals surface area contributed by atoms with Crippen molar-refractivity contribution in [1.82, 2.24) is 4.98 Å². The van der Waals surface area contributed by atoms with E-state index in [0.29, 0.717) is 16.6 Å². The van der Waals surface area contributed by atoms with Crippen molar-refractivity contribution in [3.05, 3.63) is 65.8 Å². The summed E-state index contributed by atoms with van der Waals surface area (Å²) in [5.41, 5.74) is 0. The Morgan fingerprint density at radius 1 is 1.11 bits per heavy atom. The molecule has 1 atom stereocenters. The van der Waals surface area contributed by atoms with Crippen molar-refractivity contribution in [2.45, 2.75) is 13.0 Å². The minimum absolute atomic E-state index is 0.296. The first-order valence-corrected chi connectivity index (χ1v) is 8.62. The van der Waals surface area contributed by atoms with Crippen LogP contribution < -0.4 is 10.1 Å². The van der Waals surface area contributed by atoms with E-state index < -0.39 is 18.0 Å². The summed E-state index contributed by atoms with van der Waals surface area (Å²) in [6, 6.07) is 16.5. The molecule has 138 valence electrons. The maximum atomic E-state index is 12.1. The summed E-state index contributed by atoms with van der Waals surface area (Å²) in [7, 11) is 0. The molecule has 0 aliphatic carbocycles. The van der Waals surface area contributed by atoms with Gasteiger partial charge < -0.3 is 14.8 Å². The van der Waals surface area contributed by atoms with E-state index in [1.165, 1.54) is 13.1 Å². The quantitative estimate of drug-likeness (QED) is 0.653. The molecule has 1 amide bonds. The highest BCUT2D eigenvalue weighted by molar-refractivity contribution is 6.30. The number of carbonyl (C=O) groups excluding carboxylic acids is 2. The Morgan fingerprint density at radius 3 is 2.63 bits per heavy atom. The molecule has 0 saturated carbocycles. The number of hydrogen-bond acceptors (Lipinski definition) is 5. The fourth-order valence-electron chi connectivity index (χ4n) is 2.36. The van der Waals surface area contributed by atoms with Gasteiger partial charge in [-0.3, -0.25) is 4.79 Å². The molecule has 1 aromatic heterocycles. The molecule has 1 unspecified atom stereocenters. The zero-order valence-corrected chi connectivity index (χ0v) is 15.3. The molecule has 0 fully saturated rings. The molecular weight excluding hydrogens is 368 g/mol. The molecule has 2 aromatic carbocycles. The van der Waals surface area contributed by atoms with Crippen molar-refractivity contribution in [3.63, 3.8) is 0 Å². The number of anilines is 1. The highest BCUT2D eigenvalue weighted by Crippen LogP contribution is 2.20. The van der Waals surface area contributed by atoms with Crippen LogP contribution in [-0.4, -0.2) is 29.6 Å². The fraction of sp³-hybridized carbons (Fsp3) is 0.150. The number of nitrogens with zero attached hydrogens (tertiary/aromatic N) is 1. The van der Waals surface area contributed by atoms with Gasteiger partial charge in [-0.05, 0) is 42.0 Å². The predicted octanol–water partition coefficient (Wildman–Crippen LogP) is 3.84. The first-order valence-electron chi connectivity index (χ1n) is 8.25. The third-order valence-corrected chi connectivity index (χ3v) is 3.96. The van der Waals surface area contributed by atoms with Crippen LogP contribution >= 0.6 is 11.6 Å². The lowest BCUT2D eigenvalue weighted by Crippen LogP contribution is -2.31. The number of nitrogens with one attached hydrogen (secondary N) is 1. The van der Waals surface area contributed by atoms with Crippen LogP contribution in [0.4, 0.5) is 5.82 Å². The maximum absolute atomic E-state index is 12.1. The number of rotatable bonds is 6. The number of aromatic nitrogens is 1. The number of halogens is 1. The van der Waals surface area contributed by atoms with Gasteiger partial charge in [-0.25, -0.2) is 9.78 Å². The van der Waals surface area contributed by atoms with Crippen molar-refractivity contribution < 1.29 is 19.1 Å². The molecule has 7 heteroatoms. The molecular formula is C20H17ClN2O4. The number of fused-ring (bicyclic) bond motifs is 1. The molecule has 0 spiro atoms. The normalized spacial score (nSPS) is 11.6. The van der Waals surface area contributed by atoms with Crippen LogP contribution in [0.5, 0.6) is 5.75 Å². The lowest BCUT2D eigenvalue weighted by molar-refractivity contribution is -0.155. The van der Waals surface area contributed by atoms with Gasteiger partial charge in [-0.1, -0.05) is 41.9 Å². The van der Waals surface area contributed by atoms with Gasteiger partial charge in [0.2, 0.25) is 0 Å². The van der Waals surface area contributed by atoms with Crippen molar-refractivity contribution in [3.8, 4) is 5.75 Å². The van der Waals surface area contributed by atoms with E-state index in [-0.39, 0.29) is 6.61 Å². The number of hydrogen-bond donors (Lipinski definition) is 1. The van der Waals surface area contributed by atoms with Crippen LogP contribution in [0, 0.1) is 0 Å². The smallest absolute Gasteiger partial charge is 0.344 e. The maximum Gasteiger partial charge on any atom is 0.344 e. The Hall–Kier alpha value is -3.12. The third kappa shape index (κ3) is 5.18. The molecule has 0 radical (unpaired) electrons. The number of pyridine rings is 1. The summed E-state index contributed by atoms with van der Waals surface area (Å²) in [5.74, 6) is -0.272. The minimum atomic E-state index is -0.991. The predicted molar refractivity (Wildman–Crippen MR) is 103 cm³/mol. The molecule has 1 N–H and O–H groups in total. The van der Waals surface area contributed by atoms with E-state index in [0.717, 1.165) is 10.8 Å². The molecule has 27 heavy (non-hydrogen) atoms. The van der Waals surface area contributed by atoms with Gasteiger partial charge >= 0.3 is 5.97 Å². The van der Waals surface area contributed by atoms with Gasteiger partial charge in [-0.2, -0.15) is 0 Å². The molecule has 1 heterocycles. The van der Waals surface area contributed by atoms with Gasteiger partial charge in [0.25, 0.3) is 5.91 Å². The van der Waals surface area contributed by atoms with E-state index >= 15 is 0 Å². The van der Waals surface area contributed by atoms with E-state index in [4.69, 9.17) is 21.1 Å². The van der Waals surface area contributed by atoms with Crippen LogP contribution in [0.1, 0.15) is 6.92 Å². The Bertz CT molecular complexity index is 960. The summed E-state index contributed by atoms with van der Waals surface area (Å²) in [6.45, 7) is 1.17. The molecule has 0 saturated heterocycles. The van der Waals surface area contributed by atoms with Gasteiger partial charge in [0, 0.05) is 6.20 Å². The fourth-order valence-corrected chi connectivity index (χ4v) is 2.47. The molecule has 6 nitrogen and oxygen atoms in total. The Labute approximate surface area is 161 Å². The zero-order valence-electron chi connectivity index (χ0n) is 14.5. The SMILES string of the molecule is CC(OC(=O)COc1ccc2ccccc2c1)C(=O)Nc1ccc(Cl)cn1. The lowest BCUT2D eigenvalue weighted by Gasteiger charge is -2.13. The second-order valence-electron chi connectivity index (χ2n) is 5.78. The number of amides is 1. The summed E-state index contributed by atoms with van der Waals surface area (Å²) >= 11 is 5.74. The van der Waals surface area contributed by atoms with Gasteiger partial charge in [0.05, 0.1) is 5.02 Å². The average molecular weight is 385 g/mol. The van der Waals surface area contributed by atoms with Crippen molar-refractivity contribution in [1.29, 1.82) is 0 Å². The van der Waals surface area contributed by atoms with Gasteiger partial charge in [0.15, 0.2) is 12.7 Å². The summed E-state index contributed by atoms with van der Waals surface area (Å²) in [6.07, 6.45) is 0.417. The van der Waals surface area contributed by atoms with Gasteiger partial charge in [-0.15, -0.1) is 0 Å². The first kappa shape index (κ1) is 18.7. The molecule has 3 rings (SSSR count). The van der Waals surface area contributed by atoms with E-state index in [2.05, 4.69) is 10.3 Å². The minimum Gasteiger partial charge on any atom is -0.482 e. The van der Waals surface area contributed by atoms with Crippen LogP contribution in [0.25, 0.3) is 10.8 Å². The van der Waals surface area contributed by atoms with Crippen LogP contribution in [-0.2, 0) is 14.3 Å². The number of ether oxygens (including phenoxy) is 2. The Balaban J connectivity index is 1.50. The van der Waals surface area contributed by atoms with Crippen molar-refractivity contribution in [2.24, 2.45) is 0 Å². The standard InChI is InChI=1S/C20H17ClN2O4/c1-13(20(25)23-18-9-7-16(21)11-22-18)27-19(24)12-26-17-8-6-14-4-2-3-5-15(14)10-17/h2-11,13H,12H2,1H3,(H,22,23,25). The Kier molecular flexibility index (Phi) is 5.88. The molecule has 0 bridgehead atoms. The number of esters is 1. The first-order chi connectivity index (χ1) is 13.0. The topological polar surface area (TPSA) is 77.5 Å². The van der Waals surface area contributed by atoms with Crippen LogP contribution in [0.15, 0.2) is 60.8 Å². The van der Waals surface area contributed by atoms with Crippen molar-refractivity contribution >= 4 is 40.1 Å². The average Bonchev–Trinajstić information content (AvgIpc) is 2.68. The zero-order chi connectivity index (χ0) is 19.2.